The lowest BCUT2D eigenvalue weighted by Crippen LogP contribution is -2.04. The average molecular weight is 226 g/mol. The quantitative estimate of drug-likeness (QED) is 0.773. The third-order valence-electron chi connectivity index (χ3n) is 2.45. The Bertz CT molecular complexity index is 415. The summed E-state index contributed by atoms with van der Waals surface area (Å²) in [4.78, 5) is 1.27. The lowest BCUT2D eigenvalue weighted by atomic mass is 9.97. The van der Waals surface area contributed by atoms with Gasteiger partial charge in [0.2, 0.25) is 0 Å². The normalized spacial score (nSPS) is 17.1. The number of allylic oxidation sites excluding steroid dienone is 4. The maximum atomic E-state index is 5.90. The van der Waals surface area contributed by atoms with E-state index >= 15 is 0 Å². The van der Waals surface area contributed by atoms with Crippen molar-refractivity contribution in [3.05, 3.63) is 38.7 Å². The van der Waals surface area contributed by atoms with Gasteiger partial charge in [0.05, 0.1) is 4.34 Å². The van der Waals surface area contributed by atoms with Crippen LogP contribution < -0.4 is 5.73 Å². The third-order valence-corrected chi connectivity index (χ3v) is 3.76. The minimum Gasteiger partial charge on any atom is -0.402 e. The van der Waals surface area contributed by atoms with Crippen LogP contribution in [-0.4, -0.2) is 0 Å². The largest absolute Gasteiger partial charge is 0.402 e. The molecule has 1 heterocycles. The van der Waals surface area contributed by atoms with Gasteiger partial charge < -0.3 is 5.73 Å². The van der Waals surface area contributed by atoms with Crippen LogP contribution >= 0.6 is 22.9 Å². The van der Waals surface area contributed by atoms with E-state index in [9.17, 15) is 0 Å². The second kappa shape index (κ2) is 3.79. The van der Waals surface area contributed by atoms with Crippen molar-refractivity contribution in [3.63, 3.8) is 0 Å². The Morgan fingerprint density at radius 1 is 1.36 bits per heavy atom. The number of rotatable bonds is 1. The van der Waals surface area contributed by atoms with Gasteiger partial charge >= 0.3 is 0 Å². The molecular formula is C11H12ClNS. The Kier molecular flexibility index (Phi) is 2.66. The maximum Gasteiger partial charge on any atom is 0.0934 e. The molecule has 0 fully saturated rings. The average Bonchev–Trinajstić information content (AvgIpc) is 2.57. The topological polar surface area (TPSA) is 26.0 Å². The zero-order valence-electron chi connectivity index (χ0n) is 8.01. The van der Waals surface area contributed by atoms with E-state index in [0.717, 1.165) is 22.9 Å². The molecule has 0 amide bonds. The summed E-state index contributed by atoms with van der Waals surface area (Å²) in [6.07, 6.45) is 4.16. The molecule has 1 nitrogen and oxygen atoms in total. The second-order valence-corrected chi connectivity index (χ2v) is 5.20. The second-order valence-electron chi connectivity index (χ2n) is 3.48. The number of thiophene rings is 1. The summed E-state index contributed by atoms with van der Waals surface area (Å²) >= 11 is 7.53. The van der Waals surface area contributed by atoms with E-state index in [1.54, 1.807) is 11.3 Å². The Labute approximate surface area is 92.9 Å². The van der Waals surface area contributed by atoms with Gasteiger partial charge in [-0.05, 0) is 43.0 Å². The van der Waals surface area contributed by atoms with Crippen LogP contribution in [0.4, 0.5) is 0 Å². The van der Waals surface area contributed by atoms with Crippen molar-refractivity contribution in [2.75, 3.05) is 0 Å². The SMILES string of the molecule is CC1=C(N)CCC(c2ccc(Cl)s2)=C1. The van der Waals surface area contributed by atoms with Crippen LogP contribution in [0.1, 0.15) is 24.6 Å². The van der Waals surface area contributed by atoms with E-state index in [-0.39, 0.29) is 0 Å². The minimum absolute atomic E-state index is 0.848. The van der Waals surface area contributed by atoms with Crippen LogP contribution in [-0.2, 0) is 0 Å². The molecule has 0 radical (unpaired) electrons. The van der Waals surface area contributed by atoms with Gasteiger partial charge in [-0.2, -0.15) is 0 Å². The van der Waals surface area contributed by atoms with Gasteiger partial charge in [-0.3, -0.25) is 0 Å². The Morgan fingerprint density at radius 2 is 2.14 bits per heavy atom. The molecule has 0 bridgehead atoms. The van der Waals surface area contributed by atoms with Crippen molar-refractivity contribution < 1.29 is 0 Å². The first-order valence-corrected chi connectivity index (χ1v) is 5.78. The monoisotopic (exact) mass is 225 g/mol. The van der Waals surface area contributed by atoms with Crippen LogP contribution in [0, 0.1) is 0 Å². The summed E-state index contributed by atoms with van der Waals surface area (Å²) in [5.41, 5.74) is 9.39. The van der Waals surface area contributed by atoms with E-state index in [1.807, 2.05) is 6.07 Å². The van der Waals surface area contributed by atoms with E-state index in [1.165, 1.54) is 16.0 Å². The van der Waals surface area contributed by atoms with Crippen LogP contribution in [0.5, 0.6) is 0 Å². The van der Waals surface area contributed by atoms with Crippen molar-refractivity contribution in [1.82, 2.24) is 0 Å². The molecule has 1 aromatic rings. The van der Waals surface area contributed by atoms with Gasteiger partial charge in [0.1, 0.15) is 0 Å². The van der Waals surface area contributed by atoms with Crippen molar-refractivity contribution in [2.24, 2.45) is 5.73 Å². The molecule has 1 aromatic heterocycles. The number of nitrogens with two attached hydrogens (primary N) is 1. The van der Waals surface area contributed by atoms with Crippen molar-refractivity contribution >= 4 is 28.5 Å². The summed E-state index contributed by atoms with van der Waals surface area (Å²) in [5.74, 6) is 0. The predicted molar refractivity (Wildman–Crippen MR) is 63.4 cm³/mol. The fourth-order valence-electron chi connectivity index (χ4n) is 1.57. The highest BCUT2D eigenvalue weighted by atomic mass is 35.5. The van der Waals surface area contributed by atoms with Crippen molar-refractivity contribution in [2.45, 2.75) is 19.8 Å². The molecule has 2 N–H and O–H groups in total. The molecule has 1 aliphatic rings. The predicted octanol–water partition coefficient (Wildman–Crippen LogP) is 3.81. The molecular weight excluding hydrogens is 214 g/mol. The molecule has 2 rings (SSSR count). The van der Waals surface area contributed by atoms with Gasteiger partial charge in [-0.1, -0.05) is 17.7 Å². The Balaban J connectivity index is 2.33. The zero-order valence-corrected chi connectivity index (χ0v) is 9.58. The molecule has 3 heteroatoms. The first-order chi connectivity index (χ1) is 6.66. The van der Waals surface area contributed by atoms with Gasteiger partial charge in [0.15, 0.2) is 0 Å². The van der Waals surface area contributed by atoms with Gasteiger partial charge in [-0.15, -0.1) is 11.3 Å². The van der Waals surface area contributed by atoms with Crippen LogP contribution in [0.3, 0.4) is 0 Å². The summed E-state index contributed by atoms with van der Waals surface area (Å²) in [5, 5.41) is 0. The number of halogens is 1. The lowest BCUT2D eigenvalue weighted by Gasteiger charge is -2.14. The number of hydrogen-bond acceptors (Lipinski definition) is 2. The summed E-state index contributed by atoms with van der Waals surface area (Å²) in [7, 11) is 0. The fourth-order valence-corrected chi connectivity index (χ4v) is 2.66. The Morgan fingerprint density at radius 3 is 2.71 bits per heavy atom. The Hall–Kier alpha value is -0.730. The molecule has 0 aromatic carbocycles. The zero-order chi connectivity index (χ0) is 10.1. The highest BCUT2D eigenvalue weighted by Gasteiger charge is 2.11. The first kappa shape index (κ1) is 9.81. The standard InChI is InChI=1S/C11H12ClNS/c1-7-6-8(2-3-9(7)13)10-4-5-11(12)14-10/h4-6H,2-3,13H2,1H3. The summed E-state index contributed by atoms with van der Waals surface area (Å²) in [6.45, 7) is 2.06. The molecule has 0 atom stereocenters. The molecule has 0 saturated heterocycles. The lowest BCUT2D eigenvalue weighted by molar-refractivity contribution is 0.938. The maximum absolute atomic E-state index is 5.90. The van der Waals surface area contributed by atoms with Gasteiger partial charge in [-0.25, -0.2) is 0 Å². The fraction of sp³-hybridized carbons (Fsp3) is 0.273. The molecule has 0 unspecified atom stereocenters. The van der Waals surface area contributed by atoms with Crippen LogP contribution in [0.25, 0.3) is 5.57 Å². The molecule has 0 saturated carbocycles. The van der Waals surface area contributed by atoms with Crippen molar-refractivity contribution in [1.29, 1.82) is 0 Å². The van der Waals surface area contributed by atoms with Crippen molar-refractivity contribution in [3.8, 4) is 0 Å². The van der Waals surface area contributed by atoms with Gasteiger partial charge in [0.25, 0.3) is 0 Å². The first-order valence-electron chi connectivity index (χ1n) is 4.58. The smallest absolute Gasteiger partial charge is 0.0934 e. The van der Waals surface area contributed by atoms with E-state index in [2.05, 4.69) is 19.1 Å². The minimum atomic E-state index is 0.848. The van der Waals surface area contributed by atoms with E-state index in [4.69, 9.17) is 17.3 Å². The molecule has 0 spiro atoms. The highest BCUT2D eigenvalue weighted by Crippen LogP contribution is 2.34. The van der Waals surface area contributed by atoms with E-state index < -0.39 is 0 Å². The van der Waals surface area contributed by atoms with E-state index in [0.29, 0.717) is 0 Å². The molecule has 0 aliphatic heterocycles. The molecule has 1 aliphatic carbocycles. The molecule has 14 heavy (non-hydrogen) atoms. The van der Waals surface area contributed by atoms with Crippen LogP contribution in [0.15, 0.2) is 29.5 Å². The highest BCUT2D eigenvalue weighted by molar-refractivity contribution is 7.17. The van der Waals surface area contributed by atoms with Gasteiger partial charge in [0, 0.05) is 10.6 Å². The van der Waals surface area contributed by atoms with Crippen LogP contribution in [0.2, 0.25) is 4.34 Å². The summed E-state index contributed by atoms with van der Waals surface area (Å²) in [6, 6.07) is 4.02. The third kappa shape index (κ3) is 1.86. The molecule has 74 valence electrons. The number of hydrogen-bond donors (Lipinski definition) is 1. The summed E-state index contributed by atoms with van der Waals surface area (Å²) < 4.78 is 0.848.